The van der Waals surface area contributed by atoms with E-state index in [9.17, 15) is 4.79 Å². The van der Waals surface area contributed by atoms with E-state index in [4.69, 9.17) is 0 Å². The number of anilines is 1. The van der Waals surface area contributed by atoms with Crippen LogP contribution >= 0.6 is 0 Å². The molecule has 2 unspecified atom stereocenters. The molecule has 2 aliphatic heterocycles. The molecule has 1 amide bonds. The summed E-state index contributed by atoms with van der Waals surface area (Å²) in [5.41, 5.74) is 2.28. The predicted molar refractivity (Wildman–Crippen MR) is 81.0 cm³/mol. The third-order valence-corrected chi connectivity index (χ3v) is 4.37. The zero-order chi connectivity index (χ0) is 14.1. The molecule has 0 spiro atoms. The number of hydrogen-bond acceptors (Lipinski definition) is 3. The first-order valence-electron chi connectivity index (χ1n) is 7.45. The number of rotatable bonds is 3. The van der Waals surface area contributed by atoms with Crippen LogP contribution in [0.5, 0.6) is 0 Å². The molecule has 3 rings (SSSR count). The van der Waals surface area contributed by atoms with E-state index in [1.54, 1.807) is 0 Å². The van der Waals surface area contributed by atoms with E-state index in [0.29, 0.717) is 11.9 Å². The van der Waals surface area contributed by atoms with Gasteiger partial charge in [0.15, 0.2) is 0 Å². The van der Waals surface area contributed by atoms with Crippen LogP contribution in [-0.2, 0) is 4.79 Å². The Balaban J connectivity index is 1.76. The molecular formula is C16H23N3O. The van der Waals surface area contributed by atoms with Crippen LogP contribution in [0.4, 0.5) is 5.69 Å². The molecule has 0 radical (unpaired) electrons. The van der Waals surface area contributed by atoms with Gasteiger partial charge in [-0.15, -0.1) is 0 Å². The molecule has 2 atom stereocenters. The van der Waals surface area contributed by atoms with E-state index < -0.39 is 0 Å². The van der Waals surface area contributed by atoms with E-state index in [1.165, 1.54) is 0 Å². The topological polar surface area (TPSA) is 35.6 Å². The summed E-state index contributed by atoms with van der Waals surface area (Å²) in [5.74, 6) is 0.292. The third-order valence-electron chi connectivity index (χ3n) is 4.37. The number of hydrogen-bond donors (Lipinski definition) is 1. The Bertz CT molecular complexity index is 500. The van der Waals surface area contributed by atoms with E-state index in [1.807, 2.05) is 12.1 Å². The van der Waals surface area contributed by atoms with E-state index in [-0.39, 0.29) is 5.92 Å². The van der Waals surface area contributed by atoms with Crippen LogP contribution in [0.15, 0.2) is 24.3 Å². The van der Waals surface area contributed by atoms with Crippen molar-refractivity contribution in [1.29, 1.82) is 0 Å². The van der Waals surface area contributed by atoms with Crippen molar-refractivity contribution in [2.75, 3.05) is 39.0 Å². The Morgan fingerprint density at radius 3 is 3.00 bits per heavy atom. The van der Waals surface area contributed by atoms with Gasteiger partial charge in [0, 0.05) is 31.4 Å². The highest BCUT2D eigenvalue weighted by Gasteiger charge is 2.36. The normalized spacial score (nSPS) is 24.9. The third kappa shape index (κ3) is 2.40. The largest absolute Gasteiger partial charge is 0.384 e. The van der Waals surface area contributed by atoms with Crippen LogP contribution in [-0.4, -0.2) is 55.5 Å². The fourth-order valence-electron chi connectivity index (χ4n) is 3.44. The number of carbonyl (C=O) groups is 1. The van der Waals surface area contributed by atoms with Crippen molar-refractivity contribution in [2.45, 2.75) is 24.8 Å². The standard InChI is InChI=1S/C16H23N3O/c1-18(2)11-12-6-5-9-19(12)16(20)14-10-17-15-8-4-3-7-13(14)15/h3-4,7-8,12,14,17H,5-6,9-11H2,1-2H3. The fourth-order valence-corrected chi connectivity index (χ4v) is 3.44. The molecule has 0 aromatic heterocycles. The summed E-state index contributed by atoms with van der Waals surface area (Å²) in [6.45, 7) is 2.62. The molecule has 1 saturated heterocycles. The lowest BCUT2D eigenvalue weighted by atomic mass is 9.99. The Morgan fingerprint density at radius 2 is 2.20 bits per heavy atom. The van der Waals surface area contributed by atoms with E-state index >= 15 is 0 Å². The van der Waals surface area contributed by atoms with Gasteiger partial charge in [-0.25, -0.2) is 0 Å². The molecule has 108 valence electrons. The average molecular weight is 273 g/mol. The van der Waals surface area contributed by atoms with Gasteiger partial charge < -0.3 is 15.1 Å². The van der Waals surface area contributed by atoms with Gasteiger partial charge in [-0.2, -0.15) is 0 Å². The molecule has 0 saturated carbocycles. The summed E-state index contributed by atoms with van der Waals surface area (Å²) in [6.07, 6.45) is 2.26. The van der Waals surface area contributed by atoms with Gasteiger partial charge in [0.25, 0.3) is 0 Å². The summed E-state index contributed by atoms with van der Waals surface area (Å²) in [4.78, 5) is 17.2. The Labute approximate surface area is 120 Å². The van der Waals surface area contributed by atoms with Crippen LogP contribution in [0.3, 0.4) is 0 Å². The number of fused-ring (bicyclic) bond motifs is 1. The highest BCUT2D eigenvalue weighted by molar-refractivity contribution is 5.88. The second-order valence-electron chi connectivity index (χ2n) is 6.11. The molecule has 0 aliphatic carbocycles. The highest BCUT2D eigenvalue weighted by atomic mass is 16.2. The number of nitrogens with one attached hydrogen (secondary N) is 1. The number of amides is 1. The van der Waals surface area contributed by atoms with Crippen molar-refractivity contribution in [3.05, 3.63) is 29.8 Å². The number of nitrogens with zero attached hydrogens (tertiary/aromatic N) is 2. The Morgan fingerprint density at radius 1 is 1.40 bits per heavy atom. The molecule has 20 heavy (non-hydrogen) atoms. The maximum Gasteiger partial charge on any atom is 0.232 e. The average Bonchev–Trinajstić information content (AvgIpc) is 3.03. The first kappa shape index (κ1) is 13.4. The SMILES string of the molecule is CN(C)CC1CCCN1C(=O)C1CNc2ccccc21. The minimum atomic E-state index is -0.00559. The number of likely N-dealkylation sites (N-methyl/N-ethyl adjacent to an activating group) is 1. The highest BCUT2D eigenvalue weighted by Crippen LogP contribution is 2.34. The van der Waals surface area contributed by atoms with Gasteiger partial charge in [0.1, 0.15) is 0 Å². The molecular weight excluding hydrogens is 250 g/mol. The molecule has 2 heterocycles. The Hall–Kier alpha value is -1.55. The van der Waals surface area contributed by atoms with Crippen LogP contribution in [0, 0.1) is 0 Å². The van der Waals surface area contributed by atoms with Gasteiger partial charge in [0.2, 0.25) is 5.91 Å². The molecule has 4 heteroatoms. The molecule has 0 bridgehead atoms. The van der Waals surface area contributed by atoms with Crippen molar-refractivity contribution >= 4 is 11.6 Å². The summed E-state index contributed by atoms with van der Waals surface area (Å²) < 4.78 is 0. The zero-order valence-electron chi connectivity index (χ0n) is 12.3. The van der Waals surface area contributed by atoms with Gasteiger partial charge >= 0.3 is 0 Å². The van der Waals surface area contributed by atoms with Crippen molar-refractivity contribution in [1.82, 2.24) is 9.80 Å². The van der Waals surface area contributed by atoms with Gasteiger partial charge in [-0.3, -0.25) is 4.79 Å². The molecule has 1 aromatic carbocycles. The molecule has 4 nitrogen and oxygen atoms in total. The van der Waals surface area contributed by atoms with Crippen LogP contribution < -0.4 is 5.32 Å². The number of para-hydroxylation sites is 1. The van der Waals surface area contributed by atoms with Gasteiger partial charge in [-0.05, 0) is 38.6 Å². The summed E-state index contributed by atoms with van der Waals surface area (Å²) in [7, 11) is 4.15. The van der Waals surface area contributed by atoms with Crippen LogP contribution in [0.25, 0.3) is 0 Å². The lowest BCUT2D eigenvalue weighted by Gasteiger charge is -2.29. The second-order valence-corrected chi connectivity index (χ2v) is 6.11. The number of benzene rings is 1. The summed E-state index contributed by atoms with van der Waals surface area (Å²) in [5, 5.41) is 3.35. The van der Waals surface area contributed by atoms with Crippen LogP contribution in [0.1, 0.15) is 24.3 Å². The quantitative estimate of drug-likeness (QED) is 0.911. The molecule has 1 N–H and O–H groups in total. The smallest absolute Gasteiger partial charge is 0.232 e. The number of likely N-dealkylation sites (tertiary alicyclic amines) is 1. The maximum absolute atomic E-state index is 12.9. The minimum absolute atomic E-state index is 0.00559. The second kappa shape index (κ2) is 5.44. The monoisotopic (exact) mass is 273 g/mol. The predicted octanol–water partition coefficient (Wildman–Crippen LogP) is 1.75. The zero-order valence-corrected chi connectivity index (χ0v) is 12.3. The van der Waals surface area contributed by atoms with Crippen molar-refractivity contribution < 1.29 is 4.79 Å². The molecule has 1 fully saturated rings. The lowest BCUT2D eigenvalue weighted by molar-refractivity contribution is -0.133. The van der Waals surface area contributed by atoms with Gasteiger partial charge in [-0.1, -0.05) is 18.2 Å². The van der Waals surface area contributed by atoms with Crippen molar-refractivity contribution in [2.24, 2.45) is 0 Å². The fraction of sp³-hybridized carbons (Fsp3) is 0.562. The van der Waals surface area contributed by atoms with Crippen molar-refractivity contribution in [3.8, 4) is 0 Å². The first-order valence-corrected chi connectivity index (χ1v) is 7.45. The van der Waals surface area contributed by atoms with E-state index in [0.717, 1.165) is 43.7 Å². The van der Waals surface area contributed by atoms with E-state index in [2.05, 4.69) is 41.3 Å². The van der Waals surface area contributed by atoms with Crippen LogP contribution in [0.2, 0.25) is 0 Å². The summed E-state index contributed by atoms with van der Waals surface area (Å²) in [6, 6.07) is 8.56. The molecule has 2 aliphatic rings. The number of carbonyl (C=O) groups excluding carboxylic acids is 1. The first-order chi connectivity index (χ1) is 9.66. The minimum Gasteiger partial charge on any atom is -0.384 e. The maximum atomic E-state index is 12.9. The van der Waals surface area contributed by atoms with Gasteiger partial charge in [0.05, 0.1) is 5.92 Å². The lowest BCUT2D eigenvalue weighted by Crippen LogP contribution is -2.43. The molecule has 1 aromatic rings. The summed E-state index contributed by atoms with van der Waals surface area (Å²) >= 11 is 0. The Kier molecular flexibility index (Phi) is 3.66. The van der Waals surface area contributed by atoms with Crippen molar-refractivity contribution in [3.63, 3.8) is 0 Å².